The van der Waals surface area contributed by atoms with Gasteiger partial charge < -0.3 is 14.9 Å². The van der Waals surface area contributed by atoms with Gasteiger partial charge in [0.25, 0.3) is 0 Å². The van der Waals surface area contributed by atoms with E-state index in [1.54, 1.807) is 6.92 Å². The summed E-state index contributed by atoms with van der Waals surface area (Å²) in [6, 6.07) is 6.11. The summed E-state index contributed by atoms with van der Waals surface area (Å²) in [6.45, 7) is 2.83. The zero-order valence-corrected chi connectivity index (χ0v) is 14.4. The molecule has 0 spiro atoms. The van der Waals surface area contributed by atoms with E-state index in [0.29, 0.717) is 5.54 Å². The van der Waals surface area contributed by atoms with E-state index in [1.165, 1.54) is 24.9 Å². The molecule has 20 heavy (non-hydrogen) atoms. The number of hydrogen-bond donors (Lipinski definition) is 1. The van der Waals surface area contributed by atoms with E-state index in [2.05, 4.69) is 52.9 Å². The van der Waals surface area contributed by atoms with Crippen molar-refractivity contribution in [1.29, 1.82) is 0 Å². The monoisotopic (exact) mass is 340 g/mol. The van der Waals surface area contributed by atoms with Crippen molar-refractivity contribution in [2.45, 2.75) is 37.8 Å². The van der Waals surface area contributed by atoms with Gasteiger partial charge in [0.05, 0.1) is 11.8 Å². The summed E-state index contributed by atoms with van der Waals surface area (Å²) >= 11 is 3.63. The van der Waals surface area contributed by atoms with Gasteiger partial charge in [0, 0.05) is 23.6 Å². The van der Waals surface area contributed by atoms with E-state index in [4.69, 9.17) is 0 Å². The van der Waals surface area contributed by atoms with Crippen LogP contribution in [0.1, 0.15) is 37.9 Å². The second-order valence-corrected chi connectivity index (χ2v) is 7.07. The average Bonchev–Trinajstić information content (AvgIpc) is 2.32. The standard InChI is InChI=1S/C16H25BrN2O/c1-12(20)13-6-7-15(14(17)10-13)19(4)11-16(18(2)3)8-5-9-16/h6-7,10,12,20H,5,8-9,11H2,1-4H3/t12-/m1/s1. The normalized spacial score (nSPS) is 18.8. The average molecular weight is 341 g/mol. The van der Waals surface area contributed by atoms with Gasteiger partial charge in [-0.15, -0.1) is 0 Å². The van der Waals surface area contributed by atoms with Crippen molar-refractivity contribution < 1.29 is 5.11 Å². The number of nitrogens with zero attached hydrogens (tertiary/aromatic N) is 2. The van der Waals surface area contributed by atoms with Crippen LogP contribution in [0, 0.1) is 0 Å². The summed E-state index contributed by atoms with van der Waals surface area (Å²) in [4.78, 5) is 4.68. The van der Waals surface area contributed by atoms with Gasteiger partial charge in [-0.25, -0.2) is 0 Å². The molecule has 0 radical (unpaired) electrons. The molecule has 1 N–H and O–H groups in total. The number of likely N-dealkylation sites (N-methyl/N-ethyl adjacent to an activating group) is 2. The third kappa shape index (κ3) is 3.02. The molecular formula is C16H25BrN2O. The molecule has 0 aliphatic heterocycles. The Hall–Kier alpha value is -0.580. The van der Waals surface area contributed by atoms with E-state index in [9.17, 15) is 5.11 Å². The Bertz CT molecular complexity index is 470. The molecule has 2 rings (SSSR count). The zero-order chi connectivity index (χ0) is 14.9. The van der Waals surface area contributed by atoms with Crippen LogP contribution < -0.4 is 4.90 Å². The molecule has 1 aromatic carbocycles. The molecule has 1 saturated carbocycles. The lowest BCUT2D eigenvalue weighted by Crippen LogP contribution is -2.56. The van der Waals surface area contributed by atoms with Gasteiger partial charge >= 0.3 is 0 Å². The Morgan fingerprint density at radius 2 is 1.95 bits per heavy atom. The molecule has 1 aliphatic rings. The number of rotatable bonds is 5. The van der Waals surface area contributed by atoms with Crippen LogP contribution in [0.25, 0.3) is 0 Å². The van der Waals surface area contributed by atoms with Crippen LogP contribution in [-0.4, -0.2) is 43.2 Å². The van der Waals surface area contributed by atoms with Gasteiger partial charge in [0.1, 0.15) is 0 Å². The highest BCUT2D eigenvalue weighted by Gasteiger charge is 2.40. The first-order chi connectivity index (χ1) is 9.35. The van der Waals surface area contributed by atoms with Crippen molar-refractivity contribution in [2.75, 3.05) is 32.6 Å². The molecule has 4 heteroatoms. The van der Waals surface area contributed by atoms with Crippen LogP contribution in [0.3, 0.4) is 0 Å². The fourth-order valence-electron chi connectivity index (χ4n) is 2.95. The van der Waals surface area contributed by atoms with Crippen LogP contribution in [0.15, 0.2) is 22.7 Å². The second kappa shape index (κ2) is 6.04. The fourth-order valence-corrected chi connectivity index (χ4v) is 3.65. The lowest BCUT2D eigenvalue weighted by molar-refractivity contribution is 0.0683. The fraction of sp³-hybridized carbons (Fsp3) is 0.625. The third-order valence-corrected chi connectivity index (χ3v) is 5.26. The molecule has 112 valence electrons. The van der Waals surface area contributed by atoms with Crippen molar-refractivity contribution >= 4 is 21.6 Å². The number of anilines is 1. The minimum absolute atomic E-state index is 0.317. The topological polar surface area (TPSA) is 26.7 Å². The first kappa shape index (κ1) is 15.8. The summed E-state index contributed by atoms with van der Waals surface area (Å²) < 4.78 is 1.05. The van der Waals surface area contributed by atoms with Gasteiger partial charge in [0.2, 0.25) is 0 Å². The van der Waals surface area contributed by atoms with E-state index in [1.807, 2.05) is 12.1 Å². The van der Waals surface area contributed by atoms with E-state index in [-0.39, 0.29) is 0 Å². The molecule has 0 aromatic heterocycles. The van der Waals surface area contributed by atoms with Gasteiger partial charge in [-0.1, -0.05) is 6.07 Å². The maximum absolute atomic E-state index is 9.64. The maximum Gasteiger partial charge on any atom is 0.0762 e. The minimum atomic E-state index is -0.426. The van der Waals surface area contributed by atoms with Crippen molar-refractivity contribution in [3.05, 3.63) is 28.2 Å². The molecule has 0 saturated heterocycles. The predicted molar refractivity (Wildman–Crippen MR) is 88.3 cm³/mol. The number of aliphatic hydroxyl groups excluding tert-OH is 1. The Labute approximate surface area is 130 Å². The van der Waals surface area contributed by atoms with E-state index in [0.717, 1.165) is 16.6 Å². The lowest BCUT2D eigenvalue weighted by atomic mass is 9.75. The van der Waals surface area contributed by atoms with E-state index < -0.39 is 6.10 Å². The molecule has 1 aromatic rings. The number of benzene rings is 1. The molecule has 0 unspecified atom stereocenters. The summed E-state index contributed by atoms with van der Waals surface area (Å²) in [5.74, 6) is 0. The van der Waals surface area contributed by atoms with Gasteiger partial charge in [-0.2, -0.15) is 0 Å². The van der Waals surface area contributed by atoms with Crippen molar-refractivity contribution in [3.63, 3.8) is 0 Å². The first-order valence-corrected chi connectivity index (χ1v) is 8.01. The SMILES string of the molecule is C[C@@H](O)c1ccc(N(C)CC2(N(C)C)CCC2)c(Br)c1. The molecular weight excluding hydrogens is 316 g/mol. The smallest absolute Gasteiger partial charge is 0.0762 e. The second-order valence-electron chi connectivity index (χ2n) is 6.22. The van der Waals surface area contributed by atoms with E-state index >= 15 is 0 Å². The Balaban J connectivity index is 2.15. The summed E-state index contributed by atoms with van der Waals surface area (Å²) in [5, 5.41) is 9.64. The number of hydrogen-bond acceptors (Lipinski definition) is 3. The number of aliphatic hydroxyl groups is 1. The van der Waals surface area contributed by atoms with Crippen LogP contribution in [0.2, 0.25) is 0 Å². The van der Waals surface area contributed by atoms with Gasteiger partial charge in [-0.05, 0) is 73.9 Å². The lowest BCUT2D eigenvalue weighted by Gasteiger charge is -2.49. The first-order valence-electron chi connectivity index (χ1n) is 7.22. The zero-order valence-electron chi connectivity index (χ0n) is 12.9. The molecule has 0 heterocycles. The van der Waals surface area contributed by atoms with Crippen LogP contribution in [0.4, 0.5) is 5.69 Å². The molecule has 1 atom stereocenters. The molecule has 3 nitrogen and oxygen atoms in total. The highest BCUT2D eigenvalue weighted by molar-refractivity contribution is 9.10. The Kier molecular flexibility index (Phi) is 4.77. The largest absolute Gasteiger partial charge is 0.389 e. The quantitative estimate of drug-likeness (QED) is 0.889. The number of halogens is 1. The van der Waals surface area contributed by atoms with Gasteiger partial charge in [0.15, 0.2) is 0 Å². The van der Waals surface area contributed by atoms with Crippen molar-refractivity contribution in [1.82, 2.24) is 4.90 Å². The molecule has 0 amide bonds. The molecule has 0 bridgehead atoms. The Morgan fingerprint density at radius 1 is 1.30 bits per heavy atom. The minimum Gasteiger partial charge on any atom is -0.389 e. The molecule has 1 fully saturated rings. The maximum atomic E-state index is 9.64. The van der Waals surface area contributed by atoms with Crippen LogP contribution in [0.5, 0.6) is 0 Å². The summed E-state index contributed by atoms with van der Waals surface area (Å²) in [6.07, 6.45) is 3.45. The summed E-state index contributed by atoms with van der Waals surface area (Å²) in [5.41, 5.74) is 2.44. The predicted octanol–water partition coefficient (Wildman–Crippen LogP) is 3.42. The van der Waals surface area contributed by atoms with Crippen LogP contribution in [-0.2, 0) is 0 Å². The van der Waals surface area contributed by atoms with Crippen molar-refractivity contribution in [3.8, 4) is 0 Å². The highest BCUT2D eigenvalue weighted by atomic mass is 79.9. The molecule has 1 aliphatic carbocycles. The van der Waals surface area contributed by atoms with Crippen molar-refractivity contribution in [2.24, 2.45) is 0 Å². The highest BCUT2D eigenvalue weighted by Crippen LogP contribution is 2.38. The van der Waals surface area contributed by atoms with Crippen LogP contribution >= 0.6 is 15.9 Å². The Morgan fingerprint density at radius 3 is 2.35 bits per heavy atom. The third-order valence-electron chi connectivity index (χ3n) is 4.63. The van der Waals surface area contributed by atoms with Gasteiger partial charge in [-0.3, -0.25) is 0 Å². The summed E-state index contributed by atoms with van der Waals surface area (Å²) in [7, 11) is 6.50.